The molecule has 1 saturated carbocycles. The first kappa shape index (κ1) is 23.8. The van der Waals surface area contributed by atoms with Crippen LogP contribution in [-0.2, 0) is 10.5 Å². The van der Waals surface area contributed by atoms with Crippen LogP contribution in [0.25, 0.3) is 10.9 Å². The van der Waals surface area contributed by atoms with Gasteiger partial charge in [0.05, 0.1) is 23.1 Å². The van der Waals surface area contributed by atoms with Gasteiger partial charge in [-0.2, -0.15) is 0 Å². The number of thioether (sulfide) groups is 1. The van der Waals surface area contributed by atoms with Gasteiger partial charge in [0.15, 0.2) is 0 Å². The second-order valence-corrected chi connectivity index (χ2v) is 11.0. The number of H-pyrrole nitrogens is 1. The number of nitrogens with zero attached hydrogens (tertiary/aromatic N) is 2. The molecule has 2 heterocycles. The van der Waals surface area contributed by atoms with Crippen molar-refractivity contribution in [1.82, 2.24) is 14.9 Å². The Morgan fingerprint density at radius 1 is 1.30 bits per heavy atom. The number of amides is 1. The molecule has 1 aromatic heterocycles. The van der Waals surface area contributed by atoms with Gasteiger partial charge >= 0.3 is 6.09 Å². The minimum absolute atomic E-state index is 0.0321. The fourth-order valence-electron chi connectivity index (χ4n) is 4.28. The molecule has 1 aliphatic carbocycles. The minimum atomic E-state index is -1.21. The predicted octanol–water partition coefficient (Wildman–Crippen LogP) is 4.61. The van der Waals surface area contributed by atoms with Crippen LogP contribution < -0.4 is 10.9 Å². The normalized spacial score (nSPS) is 21.7. The number of aromatic amines is 1. The van der Waals surface area contributed by atoms with Crippen molar-refractivity contribution in [2.24, 2.45) is 0 Å². The molecular weight excluding hydrogens is 450 g/mol. The van der Waals surface area contributed by atoms with Crippen molar-refractivity contribution < 1.29 is 18.3 Å². The molecule has 0 radical (unpaired) electrons. The van der Waals surface area contributed by atoms with Gasteiger partial charge in [0.25, 0.3) is 5.56 Å². The number of carbonyl (C=O) groups is 1. The molecule has 1 amide bonds. The number of hydrogen-bond acceptors (Lipinski definition) is 6. The Kier molecular flexibility index (Phi) is 6.83. The standard InChI is InChI=1S/C23H30F2N4O3S/c1-23(2,3)32-22(31)29-10-16(25)18(11-29)33-12-19-27-17-9-14(26-13-6-4-5-7-13)8-15(24)20(17)21(30)28-19/h8-9,13,16,18,26H,4-7,10-12H2,1-3H3,(H,27,28,30)/t16-,18+/m0/s1. The lowest BCUT2D eigenvalue weighted by Gasteiger charge is -2.24. The number of fused-ring (bicyclic) bond motifs is 1. The lowest BCUT2D eigenvalue weighted by atomic mass is 10.2. The first-order chi connectivity index (χ1) is 15.6. The number of alkyl halides is 1. The zero-order chi connectivity index (χ0) is 23.8. The van der Waals surface area contributed by atoms with Gasteiger partial charge in [0.2, 0.25) is 0 Å². The zero-order valence-electron chi connectivity index (χ0n) is 19.1. The van der Waals surface area contributed by atoms with E-state index in [1.54, 1.807) is 26.8 Å². The van der Waals surface area contributed by atoms with Crippen LogP contribution in [0.5, 0.6) is 0 Å². The number of likely N-dealkylation sites (tertiary alicyclic amines) is 1. The third-order valence-corrected chi connectivity index (χ3v) is 7.13. The van der Waals surface area contributed by atoms with E-state index in [9.17, 15) is 18.4 Å². The zero-order valence-corrected chi connectivity index (χ0v) is 19.9. The lowest BCUT2D eigenvalue weighted by molar-refractivity contribution is 0.0284. The van der Waals surface area contributed by atoms with E-state index < -0.39 is 34.5 Å². The van der Waals surface area contributed by atoms with E-state index in [1.165, 1.54) is 22.7 Å². The van der Waals surface area contributed by atoms with Gasteiger partial charge in [-0.05, 0) is 45.7 Å². The van der Waals surface area contributed by atoms with Crippen LogP contribution in [0.3, 0.4) is 0 Å². The molecule has 180 valence electrons. The number of rotatable bonds is 5. The fourth-order valence-corrected chi connectivity index (χ4v) is 5.37. The van der Waals surface area contributed by atoms with Gasteiger partial charge in [-0.25, -0.2) is 18.6 Å². The maximum atomic E-state index is 14.6. The highest BCUT2D eigenvalue weighted by Gasteiger charge is 2.37. The largest absolute Gasteiger partial charge is 0.444 e. The van der Waals surface area contributed by atoms with Crippen LogP contribution in [0.15, 0.2) is 16.9 Å². The van der Waals surface area contributed by atoms with Gasteiger partial charge in [0, 0.05) is 18.3 Å². The Balaban J connectivity index is 1.45. The van der Waals surface area contributed by atoms with Crippen LogP contribution in [-0.4, -0.2) is 57.1 Å². The highest BCUT2D eigenvalue weighted by Crippen LogP contribution is 2.29. The number of halogens is 2. The highest BCUT2D eigenvalue weighted by molar-refractivity contribution is 7.99. The number of anilines is 1. The Bertz CT molecular complexity index is 1080. The number of ether oxygens (including phenoxy) is 1. The van der Waals surface area contributed by atoms with Crippen molar-refractivity contribution in [3.8, 4) is 0 Å². The minimum Gasteiger partial charge on any atom is -0.444 e. The van der Waals surface area contributed by atoms with E-state index in [0.29, 0.717) is 17.6 Å². The van der Waals surface area contributed by atoms with E-state index in [1.807, 2.05) is 0 Å². The average Bonchev–Trinajstić information content (AvgIpc) is 3.34. The summed E-state index contributed by atoms with van der Waals surface area (Å²) in [6.07, 6.45) is 2.62. The number of hydrogen-bond donors (Lipinski definition) is 2. The summed E-state index contributed by atoms with van der Waals surface area (Å²) in [5, 5.41) is 2.78. The third kappa shape index (κ3) is 5.77. The molecule has 2 aromatic rings. The van der Waals surface area contributed by atoms with Crippen molar-refractivity contribution in [2.45, 2.75) is 75.3 Å². The molecule has 0 spiro atoms. The molecule has 1 saturated heterocycles. The molecule has 0 bridgehead atoms. The predicted molar refractivity (Wildman–Crippen MR) is 126 cm³/mol. The van der Waals surface area contributed by atoms with E-state index in [4.69, 9.17) is 4.74 Å². The molecule has 0 unspecified atom stereocenters. The smallest absolute Gasteiger partial charge is 0.410 e. The van der Waals surface area contributed by atoms with Gasteiger partial charge in [-0.15, -0.1) is 11.8 Å². The quantitative estimate of drug-likeness (QED) is 0.650. The highest BCUT2D eigenvalue weighted by atomic mass is 32.2. The van der Waals surface area contributed by atoms with Crippen molar-refractivity contribution in [2.75, 3.05) is 18.4 Å². The van der Waals surface area contributed by atoms with Crippen molar-refractivity contribution in [1.29, 1.82) is 0 Å². The first-order valence-corrected chi connectivity index (χ1v) is 12.4. The van der Waals surface area contributed by atoms with Gasteiger partial charge in [-0.1, -0.05) is 12.8 Å². The fraction of sp³-hybridized carbons (Fsp3) is 0.609. The Hall–Kier alpha value is -2.36. The maximum absolute atomic E-state index is 14.6. The van der Waals surface area contributed by atoms with Gasteiger partial charge < -0.3 is 19.9 Å². The molecule has 4 rings (SSSR count). The van der Waals surface area contributed by atoms with Crippen LogP contribution in [0.2, 0.25) is 0 Å². The first-order valence-electron chi connectivity index (χ1n) is 11.3. The van der Waals surface area contributed by atoms with Gasteiger partial charge in [-0.3, -0.25) is 4.79 Å². The summed E-state index contributed by atoms with van der Waals surface area (Å²) in [5.74, 6) is -0.0354. The van der Waals surface area contributed by atoms with E-state index in [-0.39, 0.29) is 29.7 Å². The van der Waals surface area contributed by atoms with E-state index in [0.717, 1.165) is 25.7 Å². The molecule has 7 nitrogen and oxygen atoms in total. The molecule has 10 heteroatoms. The summed E-state index contributed by atoms with van der Waals surface area (Å²) in [6, 6.07) is 3.33. The van der Waals surface area contributed by atoms with Crippen LogP contribution in [0, 0.1) is 5.82 Å². The third-order valence-electron chi connectivity index (χ3n) is 5.82. The van der Waals surface area contributed by atoms with Crippen molar-refractivity contribution in [3.05, 3.63) is 34.1 Å². The van der Waals surface area contributed by atoms with Crippen LogP contribution in [0.4, 0.5) is 19.3 Å². The molecular formula is C23H30F2N4O3S. The second-order valence-electron chi connectivity index (χ2n) is 9.74. The Morgan fingerprint density at radius 2 is 2.03 bits per heavy atom. The summed E-state index contributed by atoms with van der Waals surface area (Å²) >= 11 is 1.27. The molecule has 2 aliphatic rings. The second kappa shape index (κ2) is 9.48. The summed E-state index contributed by atoms with van der Waals surface area (Å²) in [5.41, 5.74) is -0.326. The molecule has 2 atom stereocenters. The number of nitrogens with one attached hydrogen (secondary N) is 2. The SMILES string of the molecule is CC(C)(C)OC(=O)N1C[C@H](F)[C@H](SCc2nc3cc(NC4CCCC4)cc(F)c3c(=O)[nH]2)C1. The Labute approximate surface area is 195 Å². The van der Waals surface area contributed by atoms with Crippen LogP contribution >= 0.6 is 11.8 Å². The summed E-state index contributed by atoms with van der Waals surface area (Å²) in [6.45, 7) is 5.47. The molecule has 2 N–H and O–H groups in total. The summed E-state index contributed by atoms with van der Waals surface area (Å²) in [7, 11) is 0. The molecule has 1 aromatic carbocycles. The van der Waals surface area contributed by atoms with Crippen molar-refractivity contribution in [3.63, 3.8) is 0 Å². The lowest BCUT2D eigenvalue weighted by Crippen LogP contribution is -2.35. The summed E-state index contributed by atoms with van der Waals surface area (Å²) < 4.78 is 34.5. The van der Waals surface area contributed by atoms with Crippen molar-refractivity contribution >= 4 is 34.4 Å². The Morgan fingerprint density at radius 3 is 2.73 bits per heavy atom. The van der Waals surface area contributed by atoms with Crippen LogP contribution in [0.1, 0.15) is 52.3 Å². The van der Waals surface area contributed by atoms with Gasteiger partial charge in [0.1, 0.15) is 28.8 Å². The molecule has 33 heavy (non-hydrogen) atoms. The van der Waals surface area contributed by atoms with E-state index in [2.05, 4.69) is 15.3 Å². The monoisotopic (exact) mass is 480 g/mol. The number of benzene rings is 1. The number of aromatic nitrogens is 2. The molecule has 1 aliphatic heterocycles. The molecule has 2 fully saturated rings. The number of carbonyl (C=O) groups excluding carboxylic acids is 1. The maximum Gasteiger partial charge on any atom is 0.410 e. The average molecular weight is 481 g/mol. The summed E-state index contributed by atoms with van der Waals surface area (Å²) in [4.78, 5) is 33.1. The topological polar surface area (TPSA) is 87.3 Å². The van der Waals surface area contributed by atoms with E-state index >= 15 is 0 Å².